The van der Waals surface area contributed by atoms with Crippen LogP contribution in [-0.2, 0) is 11.2 Å². The van der Waals surface area contributed by atoms with Gasteiger partial charge in [-0.2, -0.15) is 0 Å². The molecule has 7 nitrogen and oxygen atoms in total. The number of amides is 2. The van der Waals surface area contributed by atoms with Crippen molar-refractivity contribution in [2.24, 2.45) is 0 Å². The number of rotatable bonds is 5. The number of aromatic nitrogens is 2. The van der Waals surface area contributed by atoms with Crippen molar-refractivity contribution in [1.82, 2.24) is 15.5 Å². The van der Waals surface area contributed by atoms with E-state index in [0.29, 0.717) is 10.7 Å². The maximum Gasteiger partial charge on any atom is 0.330 e. The molecule has 2 amide bonds. The molecule has 1 aromatic carbocycles. The minimum Gasteiger partial charge on any atom is -0.479 e. The summed E-state index contributed by atoms with van der Waals surface area (Å²) in [5.41, 5.74) is 0.492. The van der Waals surface area contributed by atoms with Crippen molar-refractivity contribution >= 4 is 28.5 Å². The Balaban J connectivity index is 2.03. The largest absolute Gasteiger partial charge is 0.479 e. The predicted molar refractivity (Wildman–Crippen MR) is 78.3 cm³/mol. The summed E-state index contributed by atoms with van der Waals surface area (Å²) in [6, 6.07) is 6.72. The van der Waals surface area contributed by atoms with Gasteiger partial charge in [-0.25, -0.2) is 9.59 Å². The average molecular weight is 306 g/mol. The number of carbonyl (C=O) groups is 2. The van der Waals surface area contributed by atoms with Gasteiger partial charge < -0.3 is 10.4 Å². The summed E-state index contributed by atoms with van der Waals surface area (Å²) < 4.78 is 0. The number of carboxylic acid groups (broad SMARTS) is 1. The van der Waals surface area contributed by atoms with E-state index in [-0.39, 0.29) is 0 Å². The number of benzene rings is 1. The van der Waals surface area contributed by atoms with Gasteiger partial charge in [-0.15, -0.1) is 10.2 Å². The van der Waals surface area contributed by atoms with Crippen LogP contribution in [0.3, 0.4) is 0 Å². The average Bonchev–Trinajstić information content (AvgIpc) is 2.93. The highest BCUT2D eigenvalue weighted by Gasteiger charge is 2.22. The summed E-state index contributed by atoms with van der Waals surface area (Å²) in [4.78, 5) is 23.1. The van der Waals surface area contributed by atoms with E-state index >= 15 is 0 Å². The molecule has 2 aromatic rings. The Morgan fingerprint density at radius 3 is 2.57 bits per heavy atom. The van der Waals surface area contributed by atoms with Gasteiger partial charge in [-0.1, -0.05) is 48.6 Å². The quantitative estimate of drug-likeness (QED) is 0.784. The molecular weight excluding hydrogens is 292 g/mol. The standard InChI is InChI=1S/C13H14N4O3S/c1-2-9-16-17-13(21-9)15-12(20)14-10(11(18)19)8-6-4-3-5-7-8/h3-7,10H,2H2,1H3,(H,18,19)(H2,14,15,17,20)/t10-/m1/s1. The van der Waals surface area contributed by atoms with E-state index in [1.165, 1.54) is 11.3 Å². The van der Waals surface area contributed by atoms with Gasteiger partial charge in [0.05, 0.1) is 0 Å². The number of hydrogen-bond donors (Lipinski definition) is 3. The Morgan fingerprint density at radius 1 is 1.29 bits per heavy atom. The molecule has 0 aliphatic rings. The van der Waals surface area contributed by atoms with Gasteiger partial charge in [0.25, 0.3) is 0 Å². The zero-order valence-electron chi connectivity index (χ0n) is 11.2. The maximum atomic E-state index is 11.9. The molecule has 0 aliphatic heterocycles. The third-order valence-electron chi connectivity index (χ3n) is 2.65. The molecule has 3 N–H and O–H groups in total. The summed E-state index contributed by atoms with van der Waals surface area (Å²) in [5.74, 6) is -1.14. The first-order chi connectivity index (χ1) is 10.1. The normalized spacial score (nSPS) is 11.7. The van der Waals surface area contributed by atoms with Crippen LogP contribution in [0.15, 0.2) is 30.3 Å². The van der Waals surface area contributed by atoms with E-state index in [2.05, 4.69) is 20.8 Å². The lowest BCUT2D eigenvalue weighted by molar-refractivity contribution is -0.139. The van der Waals surface area contributed by atoms with E-state index in [4.69, 9.17) is 0 Å². The summed E-state index contributed by atoms with van der Waals surface area (Å²) >= 11 is 1.25. The molecule has 1 atom stereocenters. The minimum atomic E-state index is -1.14. The third kappa shape index (κ3) is 3.99. The molecule has 0 bridgehead atoms. The SMILES string of the molecule is CCc1nnc(NC(=O)N[C@@H](C(=O)O)c2ccccc2)s1. The smallest absolute Gasteiger partial charge is 0.330 e. The number of hydrogen-bond acceptors (Lipinski definition) is 5. The van der Waals surface area contributed by atoms with Crippen molar-refractivity contribution in [2.75, 3.05) is 5.32 Å². The molecule has 0 unspecified atom stereocenters. The molecule has 110 valence electrons. The lowest BCUT2D eigenvalue weighted by Gasteiger charge is -2.14. The van der Waals surface area contributed by atoms with Crippen LogP contribution in [0.1, 0.15) is 23.5 Å². The van der Waals surface area contributed by atoms with Gasteiger partial charge in [-0.3, -0.25) is 5.32 Å². The fourth-order valence-corrected chi connectivity index (χ4v) is 2.32. The number of carbonyl (C=O) groups excluding carboxylic acids is 1. The molecule has 0 aliphatic carbocycles. The van der Waals surface area contributed by atoms with Gasteiger partial charge >= 0.3 is 12.0 Å². The minimum absolute atomic E-state index is 0.335. The molecule has 0 saturated carbocycles. The Kier molecular flexibility index (Phi) is 4.83. The van der Waals surface area contributed by atoms with Gasteiger partial charge in [-0.05, 0) is 12.0 Å². The first-order valence-electron chi connectivity index (χ1n) is 6.27. The van der Waals surface area contributed by atoms with Gasteiger partial charge in [0.2, 0.25) is 5.13 Å². The second kappa shape index (κ2) is 6.80. The van der Waals surface area contributed by atoms with Crippen LogP contribution in [0.4, 0.5) is 9.93 Å². The van der Waals surface area contributed by atoms with Gasteiger partial charge in [0.1, 0.15) is 5.01 Å². The van der Waals surface area contributed by atoms with Crippen molar-refractivity contribution in [3.8, 4) is 0 Å². The summed E-state index contributed by atoms with van der Waals surface area (Å²) in [7, 11) is 0. The first-order valence-corrected chi connectivity index (χ1v) is 7.09. The van der Waals surface area contributed by atoms with Crippen LogP contribution >= 0.6 is 11.3 Å². The number of aliphatic carboxylic acids is 1. The fourth-order valence-electron chi connectivity index (χ4n) is 1.64. The van der Waals surface area contributed by atoms with E-state index in [1.807, 2.05) is 6.92 Å². The van der Waals surface area contributed by atoms with Crippen molar-refractivity contribution in [3.05, 3.63) is 40.9 Å². The number of carboxylic acids is 1. The molecule has 1 aromatic heterocycles. The summed E-state index contributed by atoms with van der Waals surface area (Å²) in [5, 5.41) is 22.9. The molecular formula is C13H14N4O3S. The van der Waals surface area contributed by atoms with Crippen LogP contribution in [-0.4, -0.2) is 27.3 Å². The third-order valence-corrected chi connectivity index (χ3v) is 3.63. The topological polar surface area (TPSA) is 104 Å². The van der Waals surface area contributed by atoms with Crippen LogP contribution in [0.5, 0.6) is 0 Å². The van der Waals surface area contributed by atoms with Crippen molar-refractivity contribution in [2.45, 2.75) is 19.4 Å². The highest BCUT2D eigenvalue weighted by molar-refractivity contribution is 7.15. The first kappa shape index (κ1) is 14.9. The number of nitrogens with one attached hydrogen (secondary N) is 2. The molecule has 2 rings (SSSR count). The fraction of sp³-hybridized carbons (Fsp3) is 0.231. The molecule has 0 saturated heterocycles. The van der Waals surface area contributed by atoms with Crippen molar-refractivity contribution in [1.29, 1.82) is 0 Å². The molecule has 1 heterocycles. The lowest BCUT2D eigenvalue weighted by atomic mass is 10.1. The van der Waals surface area contributed by atoms with E-state index in [0.717, 1.165) is 11.4 Å². The number of anilines is 1. The predicted octanol–water partition coefficient (Wildman–Crippen LogP) is 2.05. The van der Waals surface area contributed by atoms with Crippen molar-refractivity contribution < 1.29 is 14.7 Å². The zero-order chi connectivity index (χ0) is 15.2. The zero-order valence-corrected chi connectivity index (χ0v) is 12.1. The number of nitrogens with zero attached hydrogens (tertiary/aromatic N) is 2. The molecule has 0 radical (unpaired) electrons. The molecule has 21 heavy (non-hydrogen) atoms. The Bertz CT molecular complexity index is 629. The van der Waals surface area contributed by atoms with Gasteiger partial charge in [0.15, 0.2) is 6.04 Å². The number of urea groups is 1. The Morgan fingerprint density at radius 2 is 2.00 bits per heavy atom. The monoisotopic (exact) mass is 306 g/mol. The van der Waals surface area contributed by atoms with Crippen molar-refractivity contribution in [3.63, 3.8) is 0 Å². The van der Waals surface area contributed by atoms with E-state index < -0.39 is 18.0 Å². The van der Waals surface area contributed by atoms with E-state index in [9.17, 15) is 14.7 Å². The summed E-state index contributed by atoms with van der Waals surface area (Å²) in [6.07, 6.45) is 0.725. The van der Waals surface area contributed by atoms with Crippen LogP contribution in [0, 0.1) is 0 Å². The van der Waals surface area contributed by atoms with Crippen LogP contribution < -0.4 is 10.6 Å². The molecule has 0 spiro atoms. The molecule has 0 fully saturated rings. The second-order valence-corrected chi connectivity index (χ2v) is 5.20. The highest BCUT2D eigenvalue weighted by atomic mass is 32.1. The van der Waals surface area contributed by atoms with Gasteiger partial charge in [0, 0.05) is 0 Å². The second-order valence-electron chi connectivity index (χ2n) is 4.13. The van der Waals surface area contributed by atoms with E-state index in [1.54, 1.807) is 30.3 Å². The summed E-state index contributed by atoms with van der Waals surface area (Å²) in [6.45, 7) is 1.93. The van der Waals surface area contributed by atoms with Crippen LogP contribution in [0.2, 0.25) is 0 Å². The maximum absolute atomic E-state index is 11.9. The highest BCUT2D eigenvalue weighted by Crippen LogP contribution is 2.16. The Hall–Kier alpha value is -2.48. The lowest BCUT2D eigenvalue weighted by Crippen LogP contribution is -2.36. The number of aryl methyl sites for hydroxylation is 1. The van der Waals surface area contributed by atoms with Crippen LogP contribution in [0.25, 0.3) is 0 Å². The Labute approximate surface area is 125 Å². The molecule has 8 heteroatoms.